The third-order valence-electron chi connectivity index (χ3n) is 3.69. The van der Waals surface area contributed by atoms with E-state index in [-0.39, 0.29) is 0 Å². The molecule has 0 fully saturated rings. The largest absolute Gasteiger partial charge is 0.493 e. The number of benzene rings is 1. The molecule has 20 heavy (non-hydrogen) atoms. The highest BCUT2D eigenvalue weighted by atomic mass is 16.5. The summed E-state index contributed by atoms with van der Waals surface area (Å²) in [4.78, 5) is 0. The lowest BCUT2D eigenvalue weighted by Gasteiger charge is -2.14. The molecule has 0 bridgehead atoms. The second kappa shape index (κ2) is 6.94. The molecule has 2 rings (SSSR count). The Hall–Kier alpha value is -1.28. The maximum atomic E-state index is 5.56. The van der Waals surface area contributed by atoms with Gasteiger partial charge in [0.05, 0.1) is 6.61 Å². The lowest BCUT2D eigenvalue weighted by Crippen LogP contribution is -2.23. The van der Waals surface area contributed by atoms with Gasteiger partial charge < -0.3 is 10.1 Å². The van der Waals surface area contributed by atoms with E-state index < -0.39 is 0 Å². The van der Waals surface area contributed by atoms with Crippen LogP contribution in [-0.2, 0) is 6.42 Å². The highest BCUT2D eigenvalue weighted by Gasteiger charge is 2.12. The lowest BCUT2D eigenvalue weighted by molar-refractivity contribution is 0.357. The summed E-state index contributed by atoms with van der Waals surface area (Å²) in [7, 11) is 0. The molecule has 0 amide bonds. The van der Waals surface area contributed by atoms with Gasteiger partial charge in [-0.25, -0.2) is 0 Å². The van der Waals surface area contributed by atoms with E-state index in [2.05, 4.69) is 57.3 Å². The predicted molar refractivity (Wildman–Crippen MR) is 86.2 cm³/mol. The second-order valence-corrected chi connectivity index (χ2v) is 6.36. The average Bonchev–Trinajstić information content (AvgIpc) is 2.84. The summed E-state index contributed by atoms with van der Waals surface area (Å²) in [6, 6.07) is 6.54. The Labute approximate surface area is 123 Å². The first-order chi connectivity index (χ1) is 9.56. The van der Waals surface area contributed by atoms with Crippen molar-refractivity contribution < 1.29 is 4.74 Å². The van der Waals surface area contributed by atoms with E-state index in [0.29, 0.717) is 11.8 Å². The van der Waals surface area contributed by atoms with Crippen LogP contribution in [0.3, 0.4) is 0 Å². The Morgan fingerprint density at radius 2 is 2.10 bits per heavy atom. The van der Waals surface area contributed by atoms with Crippen LogP contribution in [0.4, 0.5) is 0 Å². The Balaban J connectivity index is 2.08. The Kier molecular flexibility index (Phi) is 5.24. The summed E-state index contributed by atoms with van der Waals surface area (Å²) in [6.45, 7) is 11.9. The number of nitrogens with one attached hydrogen (secondary N) is 1. The molecule has 1 aliphatic rings. The molecular formula is C18H27NO. The molecule has 0 spiro atoms. The summed E-state index contributed by atoms with van der Waals surface area (Å²) in [5, 5.41) is 3.55. The molecule has 1 heterocycles. The third-order valence-corrected chi connectivity index (χ3v) is 3.69. The highest BCUT2D eigenvalue weighted by molar-refractivity contribution is 5.57. The van der Waals surface area contributed by atoms with Gasteiger partial charge in [0.2, 0.25) is 0 Å². The number of hydrogen-bond acceptors (Lipinski definition) is 2. The molecule has 0 saturated carbocycles. The maximum absolute atomic E-state index is 5.56. The molecular weight excluding hydrogens is 246 g/mol. The zero-order valence-corrected chi connectivity index (χ0v) is 13.2. The van der Waals surface area contributed by atoms with Crippen molar-refractivity contribution in [1.82, 2.24) is 5.32 Å². The van der Waals surface area contributed by atoms with Gasteiger partial charge in [0.15, 0.2) is 0 Å². The van der Waals surface area contributed by atoms with Gasteiger partial charge in [0, 0.05) is 13.0 Å². The topological polar surface area (TPSA) is 21.3 Å². The fraction of sp³-hybridized carbons (Fsp3) is 0.556. The van der Waals surface area contributed by atoms with Gasteiger partial charge in [-0.1, -0.05) is 45.4 Å². The molecule has 1 aliphatic heterocycles. The van der Waals surface area contributed by atoms with Crippen molar-refractivity contribution in [3.8, 4) is 5.75 Å². The van der Waals surface area contributed by atoms with Gasteiger partial charge in [-0.05, 0) is 41.6 Å². The molecule has 0 radical (unpaired) electrons. The van der Waals surface area contributed by atoms with Gasteiger partial charge in [0.25, 0.3) is 0 Å². The van der Waals surface area contributed by atoms with Gasteiger partial charge in [-0.2, -0.15) is 0 Å². The van der Waals surface area contributed by atoms with Crippen LogP contribution in [0.5, 0.6) is 5.75 Å². The smallest absolute Gasteiger partial charge is 0.122 e. The van der Waals surface area contributed by atoms with E-state index in [9.17, 15) is 0 Å². The third kappa shape index (κ3) is 4.11. The molecule has 0 aliphatic carbocycles. The van der Waals surface area contributed by atoms with Gasteiger partial charge >= 0.3 is 0 Å². The highest BCUT2D eigenvalue weighted by Crippen LogP contribution is 2.27. The summed E-state index contributed by atoms with van der Waals surface area (Å²) in [5.41, 5.74) is 4.10. The molecule has 0 saturated heterocycles. The number of fused-ring (bicyclic) bond motifs is 1. The minimum absolute atomic E-state index is 0.569. The van der Waals surface area contributed by atoms with Crippen LogP contribution >= 0.6 is 0 Å². The SMILES string of the molecule is CC(C)CNCC(=Cc1ccc2c(c1)CCO2)C(C)C. The van der Waals surface area contributed by atoms with Crippen LogP contribution in [0.2, 0.25) is 0 Å². The number of hydrogen-bond donors (Lipinski definition) is 1. The normalized spacial score (nSPS) is 14.8. The van der Waals surface area contributed by atoms with Gasteiger partial charge in [-0.15, -0.1) is 0 Å². The monoisotopic (exact) mass is 273 g/mol. The molecule has 1 aromatic rings. The van der Waals surface area contributed by atoms with Crippen LogP contribution < -0.4 is 10.1 Å². The maximum Gasteiger partial charge on any atom is 0.122 e. The van der Waals surface area contributed by atoms with E-state index in [4.69, 9.17) is 4.74 Å². The lowest BCUT2D eigenvalue weighted by atomic mass is 9.99. The number of ether oxygens (including phenoxy) is 1. The zero-order chi connectivity index (χ0) is 14.5. The first-order valence-electron chi connectivity index (χ1n) is 7.73. The standard InChI is InChI=1S/C18H27NO/c1-13(2)11-19-12-17(14(3)4)10-15-5-6-18-16(9-15)7-8-20-18/h5-6,9-10,13-14,19H,7-8,11-12H2,1-4H3. The predicted octanol–water partition coefficient (Wildman–Crippen LogP) is 3.91. The molecule has 110 valence electrons. The van der Waals surface area contributed by atoms with Crippen LogP contribution in [-0.4, -0.2) is 19.7 Å². The van der Waals surface area contributed by atoms with E-state index in [1.807, 2.05) is 0 Å². The first kappa shape index (κ1) is 15.1. The quantitative estimate of drug-likeness (QED) is 0.848. The molecule has 0 unspecified atom stereocenters. The van der Waals surface area contributed by atoms with E-state index in [0.717, 1.165) is 31.9 Å². The van der Waals surface area contributed by atoms with Crippen molar-refractivity contribution in [2.24, 2.45) is 11.8 Å². The zero-order valence-electron chi connectivity index (χ0n) is 13.2. The van der Waals surface area contributed by atoms with Crippen LogP contribution in [0.1, 0.15) is 38.8 Å². The fourth-order valence-corrected chi connectivity index (χ4v) is 2.44. The van der Waals surface area contributed by atoms with Gasteiger partial charge in [-0.3, -0.25) is 0 Å². The van der Waals surface area contributed by atoms with Crippen molar-refractivity contribution >= 4 is 6.08 Å². The molecule has 0 atom stereocenters. The Morgan fingerprint density at radius 1 is 1.30 bits per heavy atom. The van der Waals surface area contributed by atoms with E-state index >= 15 is 0 Å². The minimum atomic E-state index is 0.569. The van der Waals surface area contributed by atoms with Crippen molar-refractivity contribution in [2.45, 2.75) is 34.1 Å². The molecule has 2 heteroatoms. The molecule has 2 nitrogen and oxygen atoms in total. The average molecular weight is 273 g/mol. The van der Waals surface area contributed by atoms with Gasteiger partial charge in [0.1, 0.15) is 5.75 Å². The van der Waals surface area contributed by atoms with Crippen molar-refractivity contribution in [3.63, 3.8) is 0 Å². The molecule has 1 N–H and O–H groups in total. The summed E-state index contributed by atoms with van der Waals surface area (Å²) >= 11 is 0. The van der Waals surface area contributed by atoms with E-state index in [1.165, 1.54) is 16.7 Å². The van der Waals surface area contributed by atoms with Crippen molar-refractivity contribution in [2.75, 3.05) is 19.7 Å². The molecule has 0 aromatic heterocycles. The van der Waals surface area contributed by atoms with E-state index in [1.54, 1.807) is 0 Å². The fourth-order valence-electron chi connectivity index (χ4n) is 2.44. The van der Waals surface area contributed by atoms with Crippen molar-refractivity contribution in [1.29, 1.82) is 0 Å². The summed E-state index contributed by atoms with van der Waals surface area (Å²) in [6.07, 6.45) is 3.37. The van der Waals surface area contributed by atoms with Crippen molar-refractivity contribution in [3.05, 3.63) is 34.9 Å². The summed E-state index contributed by atoms with van der Waals surface area (Å²) < 4.78 is 5.56. The van der Waals surface area contributed by atoms with Crippen LogP contribution in [0.25, 0.3) is 6.08 Å². The number of rotatable bonds is 6. The van der Waals surface area contributed by atoms with Crippen LogP contribution in [0.15, 0.2) is 23.8 Å². The minimum Gasteiger partial charge on any atom is -0.493 e. The Morgan fingerprint density at radius 3 is 2.80 bits per heavy atom. The second-order valence-electron chi connectivity index (χ2n) is 6.36. The first-order valence-corrected chi connectivity index (χ1v) is 7.73. The summed E-state index contributed by atoms with van der Waals surface area (Å²) in [5.74, 6) is 2.32. The van der Waals surface area contributed by atoms with Crippen LogP contribution in [0, 0.1) is 11.8 Å². The molecule has 1 aromatic carbocycles. The Bertz CT molecular complexity index is 474.